The van der Waals surface area contributed by atoms with E-state index in [1.54, 1.807) is 49.6 Å². The first kappa shape index (κ1) is 16.9. The number of carbonyl (C=O) groups is 2. The van der Waals surface area contributed by atoms with Gasteiger partial charge < -0.3 is 14.8 Å². The molecule has 2 heterocycles. The second kappa shape index (κ2) is 6.02. The highest BCUT2D eigenvalue weighted by Crippen LogP contribution is 2.48. The van der Waals surface area contributed by atoms with Gasteiger partial charge in [0.2, 0.25) is 5.91 Å². The Bertz CT molecular complexity index is 895. The molecule has 5 nitrogen and oxygen atoms in total. The van der Waals surface area contributed by atoms with Crippen LogP contribution >= 0.6 is 11.6 Å². The van der Waals surface area contributed by atoms with Crippen molar-refractivity contribution in [1.29, 1.82) is 0 Å². The Kier molecular flexibility index (Phi) is 3.92. The highest BCUT2D eigenvalue weighted by molar-refractivity contribution is 6.30. The van der Waals surface area contributed by atoms with Gasteiger partial charge in [-0.05, 0) is 49.4 Å². The smallest absolute Gasteiger partial charge is 0.234 e. The van der Waals surface area contributed by atoms with Crippen LogP contribution in [0.5, 0.6) is 11.5 Å². The molecule has 4 rings (SSSR count). The number of amides is 1. The van der Waals surface area contributed by atoms with E-state index in [-0.39, 0.29) is 17.6 Å². The first-order chi connectivity index (χ1) is 12.4. The molecule has 0 radical (unpaired) electrons. The number of halogens is 1. The minimum Gasteiger partial charge on any atom is -0.497 e. The molecule has 2 bridgehead atoms. The zero-order chi connectivity index (χ0) is 18.5. The number of Topliss-reactive ketones (excluding diaryl/α,β-unsaturated/α-hetero) is 1. The van der Waals surface area contributed by atoms with E-state index in [1.807, 2.05) is 6.92 Å². The molecule has 26 heavy (non-hydrogen) atoms. The van der Waals surface area contributed by atoms with E-state index in [0.717, 1.165) is 5.56 Å². The molecule has 0 aromatic heterocycles. The number of carbonyl (C=O) groups excluding carboxylic acids is 2. The number of methoxy groups -OCH3 is 1. The fraction of sp³-hybridized carbons (Fsp3) is 0.300. The quantitative estimate of drug-likeness (QED) is 0.661. The lowest BCUT2D eigenvalue weighted by Gasteiger charge is -2.46. The van der Waals surface area contributed by atoms with E-state index >= 15 is 0 Å². The summed E-state index contributed by atoms with van der Waals surface area (Å²) in [6, 6.07) is 12.1. The van der Waals surface area contributed by atoms with Gasteiger partial charge in [0.1, 0.15) is 17.4 Å². The predicted octanol–water partition coefficient (Wildman–Crippen LogP) is 3.56. The predicted molar refractivity (Wildman–Crippen MR) is 96.8 cm³/mol. The van der Waals surface area contributed by atoms with Crippen LogP contribution in [-0.2, 0) is 4.79 Å². The average molecular weight is 372 g/mol. The summed E-state index contributed by atoms with van der Waals surface area (Å²) in [5, 5.41) is 3.42. The molecule has 2 aliphatic rings. The van der Waals surface area contributed by atoms with Gasteiger partial charge in [-0.15, -0.1) is 0 Å². The Morgan fingerprint density at radius 2 is 2.00 bits per heavy atom. The van der Waals surface area contributed by atoms with Crippen LogP contribution in [0.25, 0.3) is 0 Å². The van der Waals surface area contributed by atoms with Crippen molar-refractivity contribution in [2.24, 2.45) is 5.92 Å². The first-order valence-electron chi connectivity index (χ1n) is 8.39. The van der Waals surface area contributed by atoms with Crippen LogP contribution in [-0.4, -0.2) is 24.5 Å². The molecule has 1 amide bonds. The maximum atomic E-state index is 13.1. The topological polar surface area (TPSA) is 64.6 Å². The molecule has 1 fully saturated rings. The third-order valence-corrected chi connectivity index (χ3v) is 5.28. The summed E-state index contributed by atoms with van der Waals surface area (Å²) < 4.78 is 11.1. The fourth-order valence-corrected chi connectivity index (χ4v) is 4.03. The number of ether oxygens (including phenoxy) is 2. The van der Waals surface area contributed by atoms with Crippen molar-refractivity contribution in [2.45, 2.75) is 25.0 Å². The number of piperidine rings is 1. The van der Waals surface area contributed by atoms with Gasteiger partial charge in [-0.2, -0.15) is 0 Å². The van der Waals surface area contributed by atoms with E-state index in [0.29, 0.717) is 28.5 Å². The van der Waals surface area contributed by atoms with Crippen molar-refractivity contribution in [1.82, 2.24) is 5.32 Å². The molecule has 0 spiro atoms. The van der Waals surface area contributed by atoms with Gasteiger partial charge in [0.05, 0.1) is 7.11 Å². The normalized spacial score (nSPS) is 26.3. The van der Waals surface area contributed by atoms with E-state index in [1.165, 1.54) is 0 Å². The Hall–Kier alpha value is -2.53. The summed E-state index contributed by atoms with van der Waals surface area (Å²) in [6.07, 6.45) is 0.513. The van der Waals surface area contributed by atoms with E-state index in [2.05, 4.69) is 5.32 Å². The van der Waals surface area contributed by atoms with Gasteiger partial charge in [-0.1, -0.05) is 11.6 Å². The van der Waals surface area contributed by atoms with Crippen LogP contribution in [0.3, 0.4) is 0 Å². The van der Waals surface area contributed by atoms with Crippen LogP contribution < -0.4 is 14.8 Å². The minimum absolute atomic E-state index is 0.218. The van der Waals surface area contributed by atoms with Crippen molar-refractivity contribution in [3.63, 3.8) is 0 Å². The molecule has 2 aliphatic heterocycles. The molecule has 3 atom stereocenters. The number of hydrogen-bond acceptors (Lipinski definition) is 4. The third-order valence-electron chi connectivity index (χ3n) is 5.05. The lowest BCUT2D eigenvalue weighted by Crippen LogP contribution is -2.61. The maximum absolute atomic E-state index is 13.1. The van der Waals surface area contributed by atoms with Gasteiger partial charge in [0, 0.05) is 28.5 Å². The summed E-state index contributed by atoms with van der Waals surface area (Å²) in [5.41, 5.74) is 0.459. The Balaban J connectivity index is 1.76. The standard InChI is InChI=1S/C20H18ClNO4/c1-20-10-15(14-9-12(21)5-8-16(14)26-20)17(19(24)22-20)18(23)11-3-6-13(25-2)7-4-11/h3-9,15,17H,10H2,1-2H3,(H,22,24). The molecular formula is C20H18ClNO4. The van der Waals surface area contributed by atoms with Crippen molar-refractivity contribution >= 4 is 23.3 Å². The molecule has 0 saturated carbocycles. The number of ketones is 1. The molecule has 6 heteroatoms. The highest BCUT2D eigenvalue weighted by atomic mass is 35.5. The number of hydrogen-bond donors (Lipinski definition) is 1. The van der Waals surface area contributed by atoms with Crippen molar-refractivity contribution in [3.8, 4) is 11.5 Å². The van der Waals surface area contributed by atoms with Crippen LogP contribution in [0.15, 0.2) is 42.5 Å². The second-order valence-corrected chi connectivity index (χ2v) is 7.32. The van der Waals surface area contributed by atoms with Gasteiger partial charge >= 0.3 is 0 Å². The van der Waals surface area contributed by atoms with Gasteiger partial charge in [0.15, 0.2) is 11.5 Å². The maximum Gasteiger partial charge on any atom is 0.234 e. The molecular weight excluding hydrogens is 354 g/mol. The number of nitrogens with one attached hydrogen (secondary N) is 1. The largest absolute Gasteiger partial charge is 0.497 e. The van der Waals surface area contributed by atoms with Crippen LogP contribution in [0.2, 0.25) is 5.02 Å². The average Bonchev–Trinajstić information content (AvgIpc) is 2.61. The molecule has 2 aromatic carbocycles. The summed E-state index contributed by atoms with van der Waals surface area (Å²) >= 11 is 6.15. The van der Waals surface area contributed by atoms with Gasteiger partial charge in [-0.25, -0.2) is 0 Å². The monoisotopic (exact) mass is 371 g/mol. The van der Waals surface area contributed by atoms with E-state index in [9.17, 15) is 9.59 Å². The highest BCUT2D eigenvalue weighted by Gasteiger charge is 2.51. The fourth-order valence-electron chi connectivity index (χ4n) is 3.85. The van der Waals surface area contributed by atoms with E-state index in [4.69, 9.17) is 21.1 Å². The first-order valence-corrected chi connectivity index (χ1v) is 8.77. The van der Waals surface area contributed by atoms with Gasteiger partial charge in [-0.3, -0.25) is 9.59 Å². The van der Waals surface area contributed by atoms with E-state index < -0.39 is 11.6 Å². The Morgan fingerprint density at radius 3 is 2.69 bits per heavy atom. The molecule has 3 unspecified atom stereocenters. The summed E-state index contributed by atoms with van der Waals surface area (Å²) in [7, 11) is 1.56. The van der Waals surface area contributed by atoms with Crippen LogP contribution in [0, 0.1) is 5.92 Å². The lowest BCUT2D eigenvalue weighted by atomic mass is 9.72. The summed E-state index contributed by atoms with van der Waals surface area (Å²) in [4.78, 5) is 25.9. The van der Waals surface area contributed by atoms with Crippen molar-refractivity contribution in [3.05, 3.63) is 58.6 Å². The minimum atomic E-state index is -0.822. The third kappa shape index (κ3) is 2.72. The van der Waals surface area contributed by atoms with Gasteiger partial charge in [0.25, 0.3) is 0 Å². The summed E-state index contributed by atoms with van der Waals surface area (Å²) in [6.45, 7) is 1.82. The SMILES string of the molecule is COc1ccc(C(=O)C2C(=O)NC3(C)CC2c2cc(Cl)ccc2O3)cc1. The van der Waals surface area contributed by atoms with Crippen molar-refractivity contribution in [2.75, 3.05) is 7.11 Å². The zero-order valence-corrected chi connectivity index (χ0v) is 15.2. The molecule has 2 aromatic rings. The lowest BCUT2D eigenvalue weighted by molar-refractivity contribution is -0.137. The molecule has 1 saturated heterocycles. The van der Waals surface area contributed by atoms with Crippen LogP contribution in [0.1, 0.15) is 35.2 Å². The molecule has 134 valence electrons. The second-order valence-electron chi connectivity index (χ2n) is 6.89. The number of fused-ring (bicyclic) bond motifs is 4. The number of benzene rings is 2. The van der Waals surface area contributed by atoms with Crippen molar-refractivity contribution < 1.29 is 19.1 Å². The summed E-state index contributed by atoms with van der Waals surface area (Å²) in [5.74, 6) is -0.338. The molecule has 0 aliphatic carbocycles. The number of rotatable bonds is 3. The Labute approximate surface area is 156 Å². The van der Waals surface area contributed by atoms with Crippen LogP contribution in [0.4, 0.5) is 0 Å². The zero-order valence-electron chi connectivity index (χ0n) is 14.4. The Morgan fingerprint density at radius 1 is 1.27 bits per heavy atom. The molecule has 1 N–H and O–H groups in total.